The van der Waals surface area contributed by atoms with Gasteiger partial charge in [-0.25, -0.2) is 9.98 Å². The molecule has 3 heterocycles. The lowest BCUT2D eigenvalue weighted by molar-refractivity contribution is 0.243. The molecule has 0 aliphatic heterocycles. The Morgan fingerprint density at radius 3 is 2.43 bits per heavy atom. The molecular weight excluding hydrogens is 526 g/mol. The Bertz CT molecular complexity index is 1570. The normalized spacial score (nSPS) is 11.7. The molecule has 0 saturated carbocycles. The Morgan fingerprint density at radius 2 is 1.79 bits per heavy atom. The van der Waals surface area contributed by atoms with Gasteiger partial charge in [-0.2, -0.15) is 0 Å². The van der Waals surface area contributed by atoms with Gasteiger partial charge < -0.3 is 24.6 Å². The number of nitrogens with zero attached hydrogens (tertiary/aromatic N) is 4. The van der Waals surface area contributed by atoms with Crippen LogP contribution in [0.5, 0.6) is 11.5 Å². The highest BCUT2D eigenvalue weighted by molar-refractivity contribution is 5.97. The van der Waals surface area contributed by atoms with E-state index in [1.807, 2.05) is 93.2 Å². The summed E-state index contributed by atoms with van der Waals surface area (Å²) in [4.78, 5) is 12.8. The van der Waals surface area contributed by atoms with Gasteiger partial charge in [-0.15, -0.1) is 0 Å². The SMILES string of the molecule is CC(C)Oc1cc(N=C(N)c2ccccn2)ccc1-c1ccc(-c2ccc(O)cc2)o1.CCCC(C)(C)n1ccnc1. The fourth-order valence-electron chi connectivity index (χ4n) is 4.47. The molecule has 0 aliphatic rings. The first-order valence-corrected chi connectivity index (χ1v) is 14.1. The standard InChI is InChI=1S/C25H23N3O3.C9H16N2/c1-16(2)30-24-15-18(28-25(26)21-5-3-4-14-27-21)8-11-20(24)23-13-12-22(31-23)17-6-9-19(29)10-7-17;1-4-5-9(2,3)11-7-6-10-8-11/h3-16,29H,1-2H3,(H2,26,28);6-8H,4-5H2,1-3H3. The van der Waals surface area contributed by atoms with Crippen molar-refractivity contribution in [1.29, 1.82) is 0 Å². The second-order valence-electron chi connectivity index (χ2n) is 10.8. The van der Waals surface area contributed by atoms with Crippen molar-refractivity contribution in [2.75, 3.05) is 0 Å². The number of furan rings is 1. The zero-order chi connectivity index (χ0) is 30.1. The van der Waals surface area contributed by atoms with Crippen LogP contribution in [0.15, 0.2) is 107 Å². The molecule has 0 fully saturated rings. The fraction of sp³-hybridized carbons (Fsp3) is 0.265. The molecule has 0 bridgehead atoms. The number of hydrogen-bond donors (Lipinski definition) is 2. The lowest BCUT2D eigenvalue weighted by Crippen LogP contribution is -2.24. The molecule has 0 atom stereocenters. The van der Waals surface area contributed by atoms with Gasteiger partial charge in [0.05, 0.1) is 23.7 Å². The van der Waals surface area contributed by atoms with E-state index >= 15 is 0 Å². The average molecular weight is 566 g/mol. The number of hydrogen-bond acceptors (Lipinski definition) is 6. The maximum atomic E-state index is 9.50. The summed E-state index contributed by atoms with van der Waals surface area (Å²) in [6.45, 7) is 10.6. The van der Waals surface area contributed by atoms with E-state index in [1.54, 1.807) is 18.3 Å². The molecule has 42 heavy (non-hydrogen) atoms. The number of ether oxygens (including phenoxy) is 1. The Kier molecular flexibility index (Phi) is 9.81. The molecule has 8 nitrogen and oxygen atoms in total. The van der Waals surface area contributed by atoms with Crippen molar-refractivity contribution in [3.8, 4) is 34.1 Å². The number of aliphatic imine (C=N–C) groups is 1. The number of rotatable bonds is 9. The third kappa shape index (κ3) is 7.87. The van der Waals surface area contributed by atoms with E-state index < -0.39 is 0 Å². The van der Waals surface area contributed by atoms with Gasteiger partial charge in [-0.1, -0.05) is 19.4 Å². The molecule has 0 spiro atoms. The van der Waals surface area contributed by atoms with Crippen LogP contribution in [-0.2, 0) is 5.54 Å². The molecule has 0 unspecified atom stereocenters. The van der Waals surface area contributed by atoms with E-state index in [0.717, 1.165) is 11.1 Å². The van der Waals surface area contributed by atoms with Crippen molar-refractivity contribution in [3.63, 3.8) is 0 Å². The molecule has 0 aliphatic carbocycles. The van der Waals surface area contributed by atoms with E-state index in [9.17, 15) is 5.11 Å². The minimum Gasteiger partial charge on any atom is -0.508 e. The van der Waals surface area contributed by atoms with Crippen LogP contribution < -0.4 is 10.5 Å². The highest BCUT2D eigenvalue weighted by Crippen LogP contribution is 2.37. The first-order chi connectivity index (χ1) is 20.2. The zero-order valence-electron chi connectivity index (χ0n) is 24.9. The van der Waals surface area contributed by atoms with Gasteiger partial charge in [0.1, 0.15) is 34.5 Å². The van der Waals surface area contributed by atoms with Gasteiger partial charge in [0.2, 0.25) is 0 Å². The summed E-state index contributed by atoms with van der Waals surface area (Å²) in [5.74, 6) is 2.57. The number of benzene rings is 2. The Balaban J connectivity index is 0.000000310. The number of phenolic OH excluding ortho intramolecular Hbond substituents is 1. The summed E-state index contributed by atoms with van der Waals surface area (Å²) in [7, 11) is 0. The number of amidine groups is 1. The summed E-state index contributed by atoms with van der Waals surface area (Å²) in [5.41, 5.74) is 9.31. The highest BCUT2D eigenvalue weighted by Gasteiger charge is 2.17. The smallest absolute Gasteiger partial charge is 0.150 e. The minimum absolute atomic E-state index is 0.0300. The molecule has 3 aromatic heterocycles. The van der Waals surface area contributed by atoms with Crippen LogP contribution in [0.4, 0.5) is 5.69 Å². The molecule has 0 saturated heterocycles. The molecule has 0 radical (unpaired) electrons. The molecule has 2 aromatic carbocycles. The van der Waals surface area contributed by atoms with Gasteiger partial charge in [-0.05, 0) is 94.8 Å². The molecule has 5 aromatic rings. The van der Waals surface area contributed by atoms with E-state index in [1.165, 1.54) is 12.8 Å². The quantitative estimate of drug-likeness (QED) is 0.139. The Labute approximate surface area is 247 Å². The molecular formula is C34H39N5O3. The minimum atomic E-state index is -0.0300. The van der Waals surface area contributed by atoms with Crippen LogP contribution in [0.25, 0.3) is 22.6 Å². The first-order valence-electron chi connectivity index (χ1n) is 14.1. The summed E-state index contributed by atoms with van der Waals surface area (Å²) in [6, 6.07) is 21.8. The van der Waals surface area contributed by atoms with Crippen molar-refractivity contribution in [2.24, 2.45) is 10.7 Å². The van der Waals surface area contributed by atoms with E-state index in [4.69, 9.17) is 14.9 Å². The maximum Gasteiger partial charge on any atom is 0.150 e. The Hall–Kier alpha value is -4.85. The van der Waals surface area contributed by atoms with Crippen molar-refractivity contribution < 1.29 is 14.3 Å². The van der Waals surface area contributed by atoms with Gasteiger partial charge >= 0.3 is 0 Å². The van der Waals surface area contributed by atoms with Gasteiger partial charge in [0, 0.05) is 35.8 Å². The largest absolute Gasteiger partial charge is 0.508 e. The van der Waals surface area contributed by atoms with Gasteiger partial charge in [-0.3, -0.25) is 4.98 Å². The number of nitrogens with two attached hydrogens (primary N) is 1. The summed E-state index contributed by atoms with van der Waals surface area (Å²) < 4.78 is 14.3. The fourth-order valence-corrected chi connectivity index (χ4v) is 4.47. The van der Waals surface area contributed by atoms with Crippen LogP contribution in [-0.4, -0.2) is 31.6 Å². The Morgan fingerprint density at radius 1 is 1.02 bits per heavy atom. The predicted molar refractivity (Wildman–Crippen MR) is 168 cm³/mol. The van der Waals surface area contributed by atoms with Crippen LogP contribution in [0, 0.1) is 0 Å². The third-order valence-electron chi connectivity index (χ3n) is 6.59. The molecule has 5 rings (SSSR count). The molecule has 0 amide bonds. The number of imidazole rings is 1. The summed E-state index contributed by atoms with van der Waals surface area (Å²) >= 11 is 0. The van der Waals surface area contributed by atoms with Crippen molar-refractivity contribution in [1.82, 2.24) is 14.5 Å². The first kappa shape index (κ1) is 30.1. The van der Waals surface area contributed by atoms with Crippen LogP contribution in [0.2, 0.25) is 0 Å². The second-order valence-corrected chi connectivity index (χ2v) is 10.8. The summed E-state index contributed by atoms with van der Waals surface area (Å²) in [5, 5.41) is 9.50. The number of aromatic nitrogens is 3. The van der Waals surface area contributed by atoms with Crippen molar-refractivity contribution >= 4 is 11.5 Å². The third-order valence-corrected chi connectivity index (χ3v) is 6.59. The lowest BCUT2D eigenvalue weighted by atomic mass is 9.99. The van der Waals surface area contributed by atoms with Crippen LogP contribution >= 0.6 is 0 Å². The molecule has 8 heteroatoms. The van der Waals surface area contributed by atoms with Gasteiger partial charge in [0.25, 0.3) is 0 Å². The van der Waals surface area contributed by atoms with Crippen molar-refractivity contribution in [3.05, 3.63) is 103 Å². The maximum absolute atomic E-state index is 9.50. The van der Waals surface area contributed by atoms with E-state index in [-0.39, 0.29) is 17.4 Å². The van der Waals surface area contributed by atoms with Crippen molar-refractivity contribution in [2.45, 2.75) is 59.1 Å². The monoisotopic (exact) mass is 565 g/mol. The lowest BCUT2D eigenvalue weighted by Gasteiger charge is -2.25. The highest BCUT2D eigenvalue weighted by atomic mass is 16.5. The average Bonchev–Trinajstić information content (AvgIpc) is 3.68. The number of aromatic hydroxyl groups is 1. The summed E-state index contributed by atoms with van der Waals surface area (Å²) in [6.07, 6.45) is 9.80. The predicted octanol–water partition coefficient (Wildman–Crippen LogP) is 7.96. The van der Waals surface area contributed by atoms with Gasteiger partial charge in [0.15, 0.2) is 0 Å². The number of pyridine rings is 1. The van der Waals surface area contributed by atoms with E-state index in [2.05, 4.69) is 40.3 Å². The zero-order valence-corrected chi connectivity index (χ0v) is 24.9. The van der Waals surface area contributed by atoms with Crippen LogP contribution in [0.1, 0.15) is 53.2 Å². The second kappa shape index (κ2) is 13.7. The molecule has 218 valence electrons. The van der Waals surface area contributed by atoms with Crippen LogP contribution in [0.3, 0.4) is 0 Å². The topological polar surface area (TPSA) is 112 Å². The van der Waals surface area contributed by atoms with E-state index in [0.29, 0.717) is 34.5 Å². The molecule has 3 N–H and O–H groups in total. The number of phenols is 1.